The van der Waals surface area contributed by atoms with E-state index in [0.29, 0.717) is 18.4 Å². The van der Waals surface area contributed by atoms with Gasteiger partial charge in [0.2, 0.25) is 0 Å². The molecule has 0 aromatic rings. The molecule has 0 aromatic carbocycles. The highest BCUT2D eigenvalue weighted by Crippen LogP contribution is 2.39. The van der Waals surface area contributed by atoms with E-state index in [2.05, 4.69) is 19.9 Å². The summed E-state index contributed by atoms with van der Waals surface area (Å²) in [5.74, 6) is 1.28. The fraction of sp³-hybridized carbons (Fsp3) is 0.750. The van der Waals surface area contributed by atoms with Crippen LogP contribution in [0.15, 0.2) is 11.6 Å². The average molecular weight is 126 g/mol. The number of rotatable bonds is 2. The van der Waals surface area contributed by atoms with E-state index in [1.165, 1.54) is 12.0 Å². The van der Waals surface area contributed by atoms with Crippen molar-refractivity contribution in [3.63, 3.8) is 0 Å². The SMILES string of the molecule is CC(C)=C[C@@H]1C[C@H]1CO. The minimum absolute atomic E-state index is 0.369. The van der Waals surface area contributed by atoms with Crippen molar-refractivity contribution in [1.82, 2.24) is 0 Å². The molecule has 1 N–H and O–H groups in total. The van der Waals surface area contributed by atoms with Crippen LogP contribution in [-0.2, 0) is 0 Å². The molecule has 1 aliphatic carbocycles. The Bertz CT molecular complexity index is 123. The number of allylic oxidation sites excluding steroid dienone is 2. The molecule has 0 amide bonds. The van der Waals surface area contributed by atoms with Crippen molar-refractivity contribution < 1.29 is 5.11 Å². The first-order valence-electron chi connectivity index (χ1n) is 3.50. The van der Waals surface area contributed by atoms with Crippen LogP contribution in [0.4, 0.5) is 0 Å². The second kappa shape index (κ2) is 2.53. The number of hydrogen-bond donors (Lipinski definition) is 1. The molecule has 9 heavy (non-hydrogen) atoms. The lowest BCUT2D eigenvalue weighted by Gasteiger charge is -1.88. The highest BCUT2D eigenvalue weighted by atomic mass is 16.3. The van der Waals surface area contributed by atoms with Gasteiger partial charge in [0.15, 0.2) is 0 Å². The Hall–Kier alpha value is -0.300. The molecule has 0 heterocycles. The molecule has 1 rings (SSSR count). The van der Waals surface area contributed by atoms with E-state index in [0.717, 1.165) is 0 Å². The largest absolute Gasteiger partial charge is 0.396 e. The molecule has 52 valence electrons. The van der Waals surface area contributed by atoms with Gasteiger partial charge in [-0.05, 0) is 32.1 Å². The first kappa shape index (κ1) is 6.81. The third-order valence-electron chi connectivity index (χ3n) is 1.76. The summed E-state index contributed by atoms with van der Waals surface area (Å²) in [4.78, 5) is 0. The van der Waals surface area contributed by atoms with Crippen LogP contribution in [0.25, 0.3) is 0 Å². The van der Waals surface area contributed by atoms with E-state index < -0.39 is 0 Å². The third-order valence-corrected chi connectivity index (χ3v) is 1.76. The zero-order chi connectivity index (χ0) is 6.85. The molecular formula is C8H14O. The third kappa shape index (κ3) is 1.83. The lowest BCUT2D eigenvalue weighted by molar-refractivity contribution is 0.272. The first-order valence-corrected chi connectivity index (χ1v) is 3.50. The average Bonchev–Trinajstić information content (AvgIpc) is 2.45. The Morgan fingerprint density at radius 3 is 2.67 bits per heavy atom. The second-order valence-electron chi connectivity index (χ2n) is 3.09. The Kier molecular flexibility index (Phi) is 1.91. The molecule has 0 radical (unpaired) electrons. The summed E-state index contributed by atoms with van der Waals surface area (Å²) in [5, 5.41) is 8.66. The lowest BCUT2D eigenvalue weighted by Crippen LogP contribution is -1.85. The van der Waals surface area contributed by atoms with Gasteiger partial charge in [0.05, 0.1) is 0 Å². The monoisotopic (exact) mass is 126 g/mol. The summed E-state index contributed by atoms with van der Waals surface area (Å²) in [6.07, 6.45) is 3.45. The number of aliphatic hydroxyl groups excluding tert-OH is 1. The molecule has 1 saturated carbocycles. The summed E-state index contributed by atoms with van der Waals surface area (Å²) in [5.41, 5.74) is 1.37. The zero-order valence-electron chi connectivity index (χ0n) is 6.09. The summed E-state index contributed by atoms with van der Waals surface area (Å²) in [6.45, 7) is 4.58. The molecule has 0 bridgehead atoms. The molecular weight excluding hydrogens is 112 g/mol. The second-order valence-corrected chi connectivity index (χ2v) is 3.09. The predicted octanol–water partition coefficient (Wildman–Crippen LogP) is 1.58. The van der Waals surface area contributed by atoms with Crippen molar-refractivity contribution in [2.24, 2.45) is 11.8 Å². The van der Waals surface area contributed by atoms with Gasteiger partial charge in [-0.25, -0.2) is 0 Å². The summed E-state index contributed by atoms with van der Waals surface area (Å²) in [6, 6.07) is 0. The zero-order valence-corrected chi connectivity index (χ0v) is 6.09. The van der Waals surface area contributed by atoms with Crippen LogP contribution >= 0.6 is 0 Å². The van der Waals surface area contributed by atoms with Crippen molar-refractivity contribution in [2.75, 3.05) is 6.61 Å². The predicted molar refractivity (Wildman–Crippen MR) is 38.1 cm³/mol. The Morgan fingerprint density at radius 2 is 2.33 bits per heavy atom. The number of aliphatic hydroxyl groups is 1. The lowest BCUT2D eigenvalue weighted by atomic mass is 10.2. The van der Waals surface area contributed by atoms with Crippen LogP contribution in [0, 0.1) is 11.8 Å². The molecule has 0 unspecified atom stereocenters. The minimum Gasteiger partial charge on any atom is -0.396 e. The Morgan fingerprint density at radius 1 is 1.67 bits per heavy atom. The van der Waals surface area contributed by atoms with Crippen LogP contribution < -0.4 is 0 Å². The van der Waals surface area contributed by atoms with E-state index >= 15 is 0 Å². The topological polar surface area (TPSA) is 20.2 Å². The van der Waals surface area contributed by atoms with Gasteiger partial charge in [0.25, 0.3) is 0 Å². The molecule has 1 heteroatoms. The highest BCUT2D eigenvalue weighted by Gasteiger charge is 2.33. The van der Waals surface area contributed by atoms with Gasteiger partial charge in [0.1, 0.15) is 0 Å². The van der Waals surface area contributed by atoms with Gasteiger partial charge in [-0.3, -0.25) is 0 Å². The van der Waals surface area contributed by atoms with E-state index in [4.69, 9.17) is 5.11 Å². The minimum atomic E-state index is 0.369. The van der Waals surface area contributed by atoms with Gasteiger partial charge in [-0.15, -0.1) is 0 Å². The maximum Gasteiger partial charge on any atom is 0.0465 e. The first-order chi connectivity index (χ1) is 4.24. The van der Waals surface area contributed by atoms with Gasteiger partial charge >= 0.3 is 0 Å². The molecule has 0 spiro atoms. The van der Waals surface area contributed by atoms with E-state index in [1.54, 1.807) is 0 Å². The van der Waals surface area contributed by atoms with Crippen LogP contribution in [-0.4, -0.2) is 11.7 Å². The molecule has 2 atom stereocenters. The van der Waals surface area contributed by atoms with Gasteiger partial charge in [-0.1, -0.05) is 11.6 Å². The molecule has 1 nitrogen and oxygen atoms in total. The van der Waals surface area contributed by atoms with Crippen molar-refractivity contribution in [3.8, 4) is 0 Å². The maximum atomic E-state index is 8.66. The molecule has 1 aliphatic rings. The molecule has 0 aromatic heterocycles. The molecule has 0 aliphatic heterocycles. The van der Waals surface area contributed by atoms with Crippen LogP contribution in [0.2, 0.25) is 0 Å². The quantitative estimate of drug-likeness (QED) is 0.557. The smallest absolute Gasteiger partial charge is 0.0465 e. The standard InChI is InChI=1S/C8H14O/c1-6(2)3-7-4-8(7)5-9/h3,7-9H,4-5H2,1-2H3/t7-,8+/m1/s1. The number of hydrogen-bond acceptors (Lipinski definition) is 1. The van der Waals surface area contributed by atoms with Gasteiger partial charge in [0, 0.05) is 6.61 Å². The van der Waals surface area contributed by atoms with E-state index in [-0.39, 0.29) is 0 Å². The highest BCUT2D eigenvalue weighted by molar-refractivity contribution is 5.06. The van der Waals surface area contributed by atoms with Crippen LogP contribution in [0.5, 0.6) is 0 Å². The molecule has 0 saturated heterocycles. The van der Waals surface area contributed by atoms with Crippen molar-refractivity contribution in [3.05, 3.63) is 11.6 Å². The fourth-order valence-electron chi connectivity index (χ4n) is 1.11. The van der Waals surface area contributed by atoms with Gasteiger partial charge < -0.3 is 5.11 Å². The van der Waals surface area contributed by atoms with Gasteiger partial charge in [-0.2, -0.15) is 0 Å². The van der Waals surface area contributed by atoms with E-state index in [9.17, 15) is 0 Å². The van der Waals surface area contributed by atoms with Crippen molar-refractivity contribution in [2.45, 2.75) is 20.3 Å². The summed E-state index contributed by atoms with van der Waals surface area (Å²) >= 11 is 0. The summed E-state index contributed by atoms with van der Waals surface area (Å²) < 4.78 is 0. The van der Waals surface area contributed by atoms with Crippen molar-refractivity contribution in [1.29, 1.82) is 0 Å². The van der Waals surface area contributed by atoms with Crippen molar-refractivity contribution >= 4 is 0 Å². The fourth-order valence-corrected chi connectivity index (χ4v) is 1.11. The Labute approximate surface area is 56.4 Å². The molecule has 1 fully saturated rings. The normalized spacial score (nSPS) is 31.9. The summed E-state index contributed by atoms with van der Waals surface area (Å²) in [7, 11) is 0. The maximum absolute atomic E-state index is 8.66. The van der Waals surface area contributed by atoms with Crippen LogP contribution in [0.3, 0.4) is 0 Å². The van der Waals surface area contributed by atoms with E-state index in [1.807, 2.05) is 0 Å². The Balaban J connectivity index is 2.27. The van der Waals surface area contributed by atoms with Crippen LogP contribution in [0.1, 0.15) is 20.3 Å².